The Morgan fingerprint density at radius 3 is 2.67 bits per heavy atom. The van der Waals surface area contributed by atoms with Crippen molar-refractivity contribution in [2.24, 2.45) is 5.41 Å². The summed E-state index contributed by atoms with van der Waals surface area (Å²) in [6, 6.07) is 6.18. The predicted octanol–water partition coefficient (Wildman–Crippen LogP) is 2.72. The molecule has 3 heteroatoms. The maximum absolute atomic E-state index is 6.09. The molecule has 100 valence electrons. The maximum Gasteiger partial charge on any atom is 0.0579 e. The first-order valence-electron chi connectivity index (χ1n) is 6.78. The summed E-state index contributed by atoms with van der Waals surface area (Å²) in [4.78, 5) is 2.41. The molecule has 0 radical (unpaired) electrons. The fourth-order valence-corrected chi connectivity index (χ4v) is 2.48. The number of rotatable bonds is 3. The number of anilines is 2. The van der Waals surface area contributed by atoms with Gasteiger partial charge in [-0.3, -0.25) is 0 Å². The van der Waals surface area contributed by atoms with E-state index in [0.717, 1.165) is 23.5 Å². The molecule has 0 saturated carbocycles. The van der Waals surface area contributed by atoms with Crippen LogP contribution in [0.4, 0.5) is 11.4 Å². The Morgan fingerprint density at radius 2 is 2.00 bits per heavy atom. The van der Waals surface area contributed by atoms with E-state index in [1.54, 1.807) is 0 Å². The second kappa shape index (κ2) is 5.19. The van der Waals surface area contributed by atoms with Crippen molar-refractivity contribution in [3.63, 3.8) is 0 Å². The van der Waals surface area contributed by atoms with Gasteiger partial charge in [0, 0.05) is 6.54 Å². The molecule has 1 fully saturated rings. The van der Waals surface area contributed by atoms with Crippen LogP contribution < -0.4 is 11.1 Å². The number of nitrogens with one attached hydrogen (secondary N) is 1. The third-order valence-electron chi connectivity index (χ3n) is 4.22. The van der Waals surface area contributed by atoms with Crippen LogP contribution in [0.25, 0.3) is 0 Å². The van der Waals surface area contributed by atoms with E-state index < -0.39 is 0 Å². The molecule has 3 N–H and O–H groups in total. The summed E-state index contributed by atoms with van der Waals surface area (Å²) in [5.41, 5.74) is 9.59. The highest BCUT2D eigenvalue weighted by molar-refractivity contribution is 5.69. The molecule has 0 aromatic heterocycles. The molecule has 0 bridgehead atoms. The van der Waals surface area contributed by atoms with Gasteiger partial charge in [-0.1, -0.05) is 19.1 Å². The van der Waals surface area contributed by atoms with Crippen molar-refractivity contribution in [2.75, 3.05) is 37.7 Å². The Labute approximate surface area is 110 Å². The Balaban J connectivity index is 1.97. The predicted molar refractivity (Wildman–Crippen MR) is 78.9 cm³/mol. The van der Waals surface area contributed by atoms with Crippen molar-refractivity contribution in [3.8, 4) is 0 Å². The van der Waals surface area contributed by atoms with Crippen molar-refractivity contribution in [1.29, 1.82) is 0 Å². The van der Waals surface area contributed by atoms with Crippen LogP contribution in [0.2, 0.25) is 0 Å². The molecule has 0 spiro atoms. The molecule has 0 amide bonds. The van der Waals surface area contributed by atoms with Gasteiger partial charge in [0.2, 0.25) is 0 Å². The largest absolute Gasteiger partial charge is 0.397 e. The normalized spacial score (nSPS) is 19.7. The van der Waals surface area contributed by atoms with E-state index in [4.69, 9.17) is 5.73 Å². The summed E-state index contributed by atoms with van der Waals surface area (Å²) in [6.45, 7) is 7.83. The number of piperidine rings is 1. The van der Waals surface area contributed by atoms with Gasteiger partial charge in [-0.15, -0.1) is 0 Å². The second-order valence-corrected chi connectivity index (χ2v) is 6.00. The number of benzene rings is 1. The molecule has 1 aromatic rings. The zero-order valence-corrected chi connectivity index (χ0v) is 11.8. The van der Waals surface area contributed by atoms with E-state index in [9.17, 15) is 0 Å². The Hall–Kier alpha value is -1.22. The number of nitrogens with zero attached hydrogens (tertiary/aromatic N) is 1. The lowest BCUT2D eigenvalue weighted by Crippen LogP contribution is -2.40. The van der Waals surface area contributed by atoms with E-state index in [2.05, 4.69) is 49.3 Å². The standard InChI is InChI=1S/C15H25N3/c1-12-5-4-6-13(14(12)16)17-11-15(2)7-9-18(3)10-8-15/h4-6,17H,7-11,16H2,1-3H3. The van der Waals surface area contributed by atoms with Crippen molar-refractivity contribution in [3.05, 3.63) is 23.8 Å². The van der Waals surface area contributed by atoms with Crippen LogP contribution in [0.15, 0.2) is 18.2 Å². The van der Waals surface area contributed by atoms with Crippen LogP contribution in [0, 0.1) is 12.3 Å². The van der Waals surface area contributed by atoms with E-state index >= 15 is 0 Å². The highest BCUT2D eigenvalue weighted by Gasteiger charge is 2.28. The van der Waals surface area contributed by atoms with Crippen LogP contribution in [0.5, 0.6) is 0 Å². The monoisotopic (exact) mass is 247 g/mol. The van der Waals surface area contributed by atoms with E-state index in [1.165, 1.54) is 25.9 Å². The molecule has 0 atom stereocenters. The molecule has 1 aliphatic heterocycles. The van der Waals surface area contributed by atoms with Crippen molar-refractivity contribution in [1.82, 2.24) is 4.90 Å². The SMILES string of the molecule is Cc1cccc(NCC2(C)CCN(C)CC2)c1N. The second-order valence-electron chi connectivity index (χ2n) is 6.00. The number of para-hydroxylation sites is 1. The summed E-state index contributed by atoms with van der Waals surface area (Å²) in [5, 5.41) is 3.54. The molecule has 1 aromatic carbocycles. The first-order valence-corrected chi connectivity index (χ1v) is 6.78. The molecule has 1 heterocycles. The topological polar surface area (TPSA) is 41.3 Å². The van der Waals surface area contributed by atoms with Crippen molar-refractivity contribution in [2.45, 2.75) is 26.7 Å². The lowest BCUT2D eigenvalue weighted by atomic mass is 9.80. The average Bonchev–Trinajstić information content (AvgIpc) is 2.35. The lowest BCUT2D eigenvalue weighted by molar-refractivity contribution is 0.150. The van der Waals surface area contributed by atoms with Crippen LogP contribution in [-0.4, -0.2) is 31.6 Å². The minimum atomic E-state index is 0.392. The van der Waals surface area contributed by atoms with Gasteiger partial charge in [0.1, 0.15) is 0 Å². The summed E-state index contributed by atoms with van der Waals surface area (Å²) < 4.78 is 0. The number of nitrogens with two attached hydrogens (primary N) is 1. The minimum absolute atomic E-state index is 0.392. The number of hydrogen-bond acceptors (Lipinski definition) is 3. The zero-order valence-electron chi connectivity index (χ0n) is 11.8. The fourth-order valence-electron chi connectivity index (χ4n) is 2.48. The molecule has 3 nitrogen and oxygen atoms in total. The molecule has 1 aliphatic rings. The number of likely N-dealkylation sites (tertiary alicyclic amines) is 1. The van der Waals surface area contributed by atoms with Crippen LogP contribution in [-0.2, 0) is 0 Å². The average molecular weight is 247 g/mol. The van der Waals surface area contributed by atoms with Gasteiger partial charge in [-0.25, -0.2) is 0 Å². The molecule has 1 saturated heterocycles. The first kappa shape index (κ1) is 13.2. The molecule has 2 rings (SSSR count). The lowest BCUT2D eigenvalue weighted by Gasteiger charge is -2.38. The quantitative estimate of drug-likeness (QED) is 0.807. The van der Waals surface area contributed by atoms with Crippen LogP contribution >= 0.6 is 0 Å². The smallest absolute Gasteiger partial charge is 0.0579 e. The number of hydrogen-bond donors (Lipinski definition) is 2. The number of nitrogen functional groups attached to an aromatic ring is 1. The van der Waals surface area contributed by atoms with Gasteiger partial charge in [0.05, 0.1) is 11.4 Å². The van der Waals surface area contributed by atoms with E-state index in [0.29, 0.717) is 5.41 Å². The summed E-state index contributed by atoms with van der Waals surface area (Å²) >= 11 is 0. The van der Waals surface area contributed by atoms with Gasteiger partial charge in [-0.2, -0.15) is 0 Å². The van der Waals surface area contributed by atoms with Crippen molar-refractivity contribution < 1.29 is 0 Å². The van der Waals surface area contributed by atoms with Crippen molar-refractivity contribution >= 4 is 11.4 Å². The maximum atomic E-state index is 6.09. The number of aryl methyl sites for hydroxylation is 1. The zero-order chi connectivity index (χ0) is 13.2. The minimum Gasteiger partial charge on any atom is -0.397 e. The van der Waals surface area contributed by atoms with E-state index in [-0.39, 0.29) is 0 Å². The first-order chi connectivity index (χ1) is 8.50. The molecule has 18 heavy (non-hydrogen) atoms. The van der Waals surface area contributed by atoms with Crippen LogP contribution in [0.1, 0.15) is 25.3 Å². The Morgan fingerprint density at radius 1 is 1.33 bits per heavy atom. The Kier molecular flexibility index (Phi) is 3.81. The summed E-state index contributed by atoms with van der Waals surface area (Å²) in [7, 11) is 2.20. The van der Waals surface area contributed by atoms with Gasteiger partial charge < -0.3 is 16.0 Å². The van der Waals surface area contributed by atoms with E-state index in [1.807, 2.05) is 0 Å². The Bertz CT molecular complexity index is 406. The van der Waals surface area contributed by atoms with Gasteiger partial charge in [-0.05, 0) is 56.9 Å². The molecule has 0 unspecified atom stereocenters. The molecular weight excluding hydrogens is 222 g/mol. The van der Waals surface area contributed by atoms with Gasteiger partial charge in [0.25, 0.3) is 0 Å². The third-order valence-corrected chi connectivity index (χ3v) is 4.22. The van der Waals surface area contributed by atoms with Gasteiger partial charge >= 0.3 is 0 Å². The summed E-state index contributed by atoms with van der Waals surface area (Å²) in [6.07, 6.45) is 2.50. The summed E-state index contributed by atoms with van der Waals surface area (Å²) in [5.74, 6) is 0. The third kappa shape index (κ3) is 2.96. The highest BCUT2D eigenvalue weighted by Crippen LogP contribution is 2.31. The fraction of sp³-hybridized carbons (Fsp3) is 0.600. The van der Waals surface area contributed by atoms with Gasteiger partial charge in [0.15, 0.2) is 0 Å². The molecular formula is C15H25N3. The molecule has 0 aliphatic carbocycles. The highest BCUT2D eigenvalue weighted by atomic mass is 15.1. The van der Waals surface area contributed by atoms with Crippen LogP contribution in [0.3, 0.4) is 0 Å².